The van der Waals surface area contributed by atoms with Crippen LogP contribution >= 0.6 is 0 Å². The fourth-order valence-electron chi connectivity index (χ4n) is 2.89. The van der Waals surface area contributed by atoms with Crippen molar-refractivity contribution in [3.63, 3.8) is 0 Å². The van der Waals surface area contributed by atoms with Crippen LogP contribution in [0.15, 0.2) is 42.5 Å². The van der Waals surface area contributed by atoms with Gasteiger partial charge in [-0.05, 0) is 56.2 Å². The van der Waals surface area contributed by atoms with Crippen LogP contribution in [0.5, 0.6) is 11.5 Å². The second-order valence-corrected chi connectivity index (χ2v) is 7.23. The van der Waals surface area contributed by atoms with Gasteiger partial charge in [0.15, 0.2) is 0 Å². The van der Waals surface area contributed by atoms with Crippen molar-refractivity contribution in [3.05, 3.63) is 59.2 Å². The maximum atomic E-state index is 12.5. The number of hydrogen-bond donors (Lipinski definition) is 0. The molecule has 0 bridgehead atoms. The maximum absolute atomic E-state index is 12.5. The van der Waals surface area contributed by atoms with Gasteiger partial charge in [-0.1, -0.05) is 18.2 Å². The molecule has 2 aromatic rings. The second-order valence-electron chi connectivity index (χ2n) is 7.23. The van der Waals surface area contributed by atoms with E-state index in [0.29, 0.717) is 11.3 Å². The molecule has 2 rings (SSSR count). The SMILES string of the molecule is COc1ccc(C(CC(=O)OC(C)(C)C)c2ccc(OC)cc2C=O)cc1. The molecule has 0 heterocycles. The predicted molar refractivity (Wildman–Crippen MR) is 104 cm³/mol. The standard InChI is InChI=1S/C22H26O5/c1-22(2,3)27-21(24)13-20(15-6-8-17(25-4)9-7-15)19-11-10-18(26-5)12-16(19)14-23/h6-12,14,20H,13H2,1-5H3. The zero-order valence-electron chi connectivity index (χ0n) is 16.4. The molecule has 0 radical (unpaired) electrons. The van der Waals surface area contributed by atoms with E-state index < -0.39 is 5.60 Å². The van der Waals surface area contributed by atoms with E-state index in [2.05, 4.69) is 0 Å². The van der Waals surface area contributed by atoms with Crippen LogP contribution in [0.4, 0.5) is 0 Å². The van der Waals surface area contributed by atoms with Crippen LogP contribution in [0.25, 0.3) is 0 Å². The van der Waals surface area contributed by atoms with Crippen LogP contribution in [-0.2, 0) is 9.53 Å². The molecule has 0 aromatic heterocycles. The Kier molecular flexibility index (Phi) is 6.61. The van der Waals surface area contributed by atoms with E-state index in [1.54, 1.807) is 26.4 Å². The Morgan fingerprint density at radius 2 is 1.59 bits per heavy atom. The van der Waals surface area contributed by atoms with E-state index in [1.165, 1.54) is 0 Å². The van der Waals surface area contributed by atoms with E-state index in [0.717, 1.165) is 23.2 Å². The number of aldehydes is 1. The zero-order valence-corrected chi connectivity index (χ0v) is 16.4. The van der Waals surface area contributed by atoms with Crippen LogP contribution in [0.3, 0.4) is 0 Å². The van der Waals surface area contributed by atoms with Crippen molar-refractivity contribution in [2.45, 2.75) is 38.7 Å². The summed E-state index contributed by atoms with van der Waals surface area (Å²) in [6.45, 7) is 5.49. The lowest BCUT2D eigenvalue weighted by atomic mass is 9.85. The molecular weight excluding hydrogens is 344 g/mol. The predicted octanol–water partition coefficient (Wildman–Crippen LogP) is 4.38. The highest BCUT2D eigenvalue weighted by atomic mass is 16.6. The van der Waals surface area contributed by atoms with E-state index in [9.17, 15) is 9.59 Å². The van der Waals surface area contributed by atoms with Crippen molar-refractivity contribution >= 4 is 12.3 Å². The summed E-state index contributed by atoms with van der Waals surface area (Å²) >= 11 is 0. The molecule has 0 amide bonds. The van der Waals surface area contributed by atoms with E-state index in [1.807, 2.05) is 51.1 Å². The summed E-state index contributed by atoms with van der Waals surface area (Å²) in [4.78, 5) is 24.2. The molecular formula is C22H26O5. The highest BCUT2D eigenvalue weighted by molar-refractivity contribution is 5.80. The summed E-state index contributed by atoms with van der Waals surface area (Å²) in [6.07, 6.45) is 0.903. The van der Waals surface area contributed by atoms with Crippen LogP contribution in [-0.4, -0.2) is 32.1 Å². The third-order valence-electron chi connectivity index (χ3n) is 4.11. The topological polar surface area (TPSA) is 61.8 Å². The van der Waals surface area contributed by atoms with Crippen molar-refractivity contribution in [1.82, 2.24) is 0 Å². The molecule has 2 aromatic carbocycles. The van der Waals surface area contributed by atoms with Gasteiger partial charge in [0.05, 0.1) is 20.6 Å². The highest BCUT2D eigenvalue weighted by Crippen LogP contribution is 2.33. The number of benzene rings is 2. The summed E-state index contributed by atoms with van der Waals surface area (Å²) < 4.78 is 15.9. The first kappa shape index (κ1) is 20.5. The van der Waals surface area contributed by atoms with Crippen LogP contribution in [0.2, 0.25) is 0 Å². The van der Waals surface area contributed by atoms with Gasteiger partial charge < -0.3 is 14.2 Å². The molecule has 0 spiro atoms. The number of carbonyl (C=O) groups excluding carboxylic acids is 2. The smallest absolute Gasteiger partial charge is 0.307 e. The fourth-order valence-corrected chi connectivity index (χ4v) is 2.89. The Bertz CT molecular complexity index is 787. The monoisotopic (exact) mass is 370 g/mol. The molecule has 0 saturated heterocycles. The van der Waals surface area contributed by atoms with E-state index in [4.69, 9.17) is 14.2 Å². The number of carbonyl (C=O) groups is 2. The Hall–Kier alpha value is -2.82. The van der Waals surface area contributed by atoms with E-state index in [-0.39, 0.29) is 18.3 Å². The van der Waals surface area contributed by atoms with Gasteiger partial charge in [0.1, 0.15) is 23.4 Å². The summed E-state index contributed by atoms with van der Waals surface area (Å²) in [5.41, 5.74) is 1.56. The molecule has 0 fully saturated rings. The third kappa shape index (κ3) is 5.58. The van der Waals surface area contributed by atoms with E-state index >= 15 is 0 Å². The molecule has 27 heavy (non-hydrogen) atoms. The van der Waals surface area contributed by atoms with Gasteiger partial charge in [-0.25, -0.2) is 0 Å². The number of rotatable bonds is 7. The molecule has 1 atom stereocenters. The Morgan fingerprint density at radius 1 is 1.00 bits per heavy atom. The highest BCUT2D eigenvalue weighted by Gasteiger charge is 2.25. The number of esters is 1. The largest absolute Gasteiger partial charge is 0.497 e. The van der Waals surface area contributed by atoms with Crippen LogP contribution in [0.1, 0.15) is 54.6 Å². The summed E-state index contributed by atoms with van der Waals surface area (Å²) in [5.74, 6) is 0.666. The zero-order chi connectivity index (χ0) is 20.0. The van der Waals surface area contributed by atoms with Gasteiger partial charge in [0.25, 0.3) is 0 Å². The number of hydrogen-bond acceptors (Lipinski definition) is 5. The number of methoxy groups -OCH3 is 2. The maximum Gasteiger partial charge on any atom is 0.307 e. The summed E-state index contributed by atoms with van der Waals surface area (Å²) in [5, 5.41) is 0. The first-order valence-electron chi connectivity index (χ1n) is 8.76. The third-order valence-corrected chi connectivity index (χ3v) is 4.11. The lowest BCUT2D eigenvalue weighted by Crippen LogP contribution is -2.25. The van der Waals surface area contributed by atoms with Gasteiger partial charge in [-0.2, -0.15) is 0 Å². The molecule has 1 unspecified atom stereocenters. The Balaban J connectivity index is 2.45. The molecule has 144 valence electrons. The molecule has 0 aliphatic heterocycles. The normalized spacial score (nSPS) is 12.2. The van der Waals surface area contributed by atoms with Gasteiger partial charge in [-0.15, -0.1) is 0 Å². The second kappa shape index (κ2) is 8.71. The lowest BCUT2D eigenvalue weighted by molar-refractivity contribution is -0.155. The average molecular weight is 370 g/mol. The molecule has 0 N–H and O–H groups in total. The Labute approximate surface area is 160 Å². The van der Waals surface area contributed by atoms with Crippen molar-refractivity contribution in [1.29, 1.82) is 0 Å². The van der Waals surface area contributed by atoms with Crippen molar-refractivity contribution in [3.8, 4) is 11.5 Å². The van der Waals surface area contributed by atoms with Gasteiger partial charge in [-0.3, -0.25) is 9.59 Å². The Morgan fingerprint density at radius 3 is 2.11 bits per heavy atom. The molecule has 5 heteroatoms. The van der Waals surface area contributed by atoms with Crippen molar-refractivity contribution in [2.24, 2.45) is 0 Å². The first-order valence-corrected chi connectivity index (χ1v) is 8.76. The summed E-state index contributed by atoms with van der Waals surface area (Å²) in [7, 11) is 3.15. The molecule has 0 aliphatic rings. The quantitative estimate of drug-likeness (QED) is 0.535. The van der Waals surface area contributed by atoms with Gasteiger partial charge in [0.2, 0.25) is 0 Å². The average Bonchev–Trinajstić information content (AvgIpc) is 2.64. The van der Waals surface area contributed by atoms with Gasteiger partial charge >= 0.3 is 5.97 Å². The van der Waals surface area contributed by atoms with Crippen molar-refractivity contribution < 1.29 is 23.8 Å². The minimum absolute atomic E-state index is 0.122. The number of ether oxygens (including phenoxy) is 3. The minimum atomic E-state index is -0.574. The van der Waals surface area contributed by atoms with Crippen LogP contribution in [0, 0.1) is 0 Å². The molecule has 0 saturated carbocycles. The fraction of sp³-hybridized carbons (Fsp3) is 0.364. The minimum Gasteiger partial charge on any atom is -0.497 e. The lowest BCUT2D eigenvalue weighted by Gasteiger charge is -2.24. The van der Waals surface area contributed by atoms with Crippen molar-refractivity contribution in [2.75, 3.05) is 14.2 Å². The van der Waals surface area contributed by atoms with Crippen LogP contribution < -0.4 is 9.47 Å². The first-order chi connectivity index (χ1) is 12.8. The molecule has 5 nitrogen and oxygen atoms in total. The van der Waals surface area contributed by atoms with Gasteiger partial charge in [0, 0.05) is 11.5 Å². The molecule has 0 aliphatic carbocycles. The summed E-state index contributed by atoms with van der Waals surface area (Å²) in [6, 6.07) is 12.7.